The first kappa shape index (κ1) is 17.6. The Labute approximate surface area is 135 Å². The molecule has 1 aromatic carbocycles. The van der Waals surface area contributed by atoms with E-state index in [9.17, 15) is 23.6 Å². The number of anilines is 1. The number of aliphatic hydroxyl groups excluding tert-OH is 1. The molecule has 128 valence electrons. The number of benzene rings is 1. The van der Waals surface area contributed by atoms with Crippen LogP contribution in [0.4, 0.5) is 11.4 Å². The Morgan fingerprint density at radius 3 is 2.57 bits per heavy atom. The maximum atomic E-state index is 12.8. The first-order valence-electron chi connectivity index (χ1n) is 7.56. The van der Waals surface area contributed by atoms with Gasteiger partial charge in [-0.1, -0.05) is 6.92 Å². The zero-order valence-electron chi connectivity index (χ0n) is 12.9. The highest BCUT2D eigenvalue weighted by atomic mass is 32.2. The zero-order valence-corrected chi connectivity index (χ0v) is 13.8. The van der Waals surface area contributed by atoms with E-state index in [4.69, 9.17) is 0 Å². The van der Waals surface area contributed by atoms with Crippen LogP contribution in [0, 0.1) is 10.1 Å². The minimum Gasteiger partial charge on any atom is -0.394 e. The smallest absolute Gasteiger partial charge is 0.270 e. The molecule has 1 saturated heterocycles. The van der Waals surface area contributed by atoms with Crippen LogP contribution in [0.25, 0.3) is 0 Å². The van der Waals surface area contributed by atoms with Crippen LogP contribution in [0.2, 0.25) is 0 Å². The van der Waals surface area contributed by atoms with E-state index in [0.29, 0.717) is 19.5 Å². The van der Waals surface area contributed by atoms with Crippen molar-refractivity contribution >= 4 is 21.4 Å². The average Bonchev–Trinajstić information content (AvgIpc) is 3.07. The number of nitrogens with one attached hydrogen (secondary N) is 1. The molecule has 0 aliphatic carbocycles. The molecule has 1 heterocycles. The van der Waals surface area contributed by atoms with E-state index >= 15 is 0 Å². The maximum Gasteiger partial charge on any atom is 0.270 e. The number of nitrogens with zero attached hydrogens (tertiary/aromatic N) is 2. The van der Waals surface area contributed by atoms with Gasteiger partial charge < -0.3 is 10.4 Å². The average molecular weight is 343 g/mol. The molecule has 23 heavy (non-hydrogen) atoms. The zero-order chi connectivity index (χ0) is 17.0. The number of hydrogen-bond donors (Lipinski definition) is 2. The van der Waals surface area contributed by atoms with E-state index in [1.807, 2.05) is 6.92 Å². The minimum absolute atomic E-state index is 0.111. The third-order valence-corrected chi connectivity index (χ3v) is 5.87. The van der Waals surface area contributed by atoms with Crippen molar-refractivity contribution in [3.8, 4) is 0 Å². The van der Waals surface area contributed by atoms with E-state index in [1.54, 1.807) is 0 Å². The second-order valence-electron chi connectivity index (χ2n) is 5.48. The molecular weight excluding hydrogens is 322 g/mol. The summed E-state index contributed by atoms with van der Waals surface area (Å²) in [5.74, 6) is 0. The number of sulfonamides is 1. The third-order valence-electron chi connectivity index (χ3n) is 3.93. The molecule has 0 bridgehead atoms. The number of rotatable bonds is 7. The van der Waals surface area contributed by atoms with Gasteiger partial charge in [-0.2, -0.15) is 4.31 Å². The van der Waals surface area contributed by atoms with Crippen LogP contribution in [-0.2, 0) is 10.0 Å². The van der Waals surface area contributed by atoms with Gasteiger partial charge in [0.05, 0.1) is 17.2 Å². The van der Waals surface area contributed by atoms with Crippen molar-refractivity contribution in [1.29, 1.82) is 0 Å². The summed E-state index contributed by atoms with van der Waals surface area (Å²) in [7, 11) is -3.80. The summed E-state index contributed by atoms with van der Waals surface area (Å²) < 4.78 is 26.9. The standard InChI is InChI=1S/C14H21N3O5S/c1-2-11(10-18)15-13-6-5-12(17(19)20)9-14(13)23(21,22)16-7-3-4-8-16/h5-6,9,11,15,18H,2-4,7-8,10H2,1H3/t11-/m1/s1. The van der Waals surface area contributed by atoms with Gasteiger partial charge in [0.15, 0.2) is 0 Å². The van der Waals surface area contributed by atoms with Crippen molar-refractivity contribution in [3.05, 3.63) is 28.3 Å². The van der Waals surface area contributed by atoms with Crippen LogP contribution >= 0.6 is 0 Å². The third kappa shape index (κ3) is 3.80. The number of aliphatic hydroxyl groups is 1. The summed E-state index contributed by atoms with van der Waals surface area (Å²) in [4.78, 5) is 10.3. The highest BCUT2D eigenvalue weighted by molar-refractivity contribution is 7.89. The van der Waals surface area contributed by atoms with Gasteiger partial charge in [0.1, 0.15) is 4.90 Å². The van der Waals surface area contributed by atoms with Crippen LogP contribution in [0.3, 0.4) is 0 Å². The number of hydrogen-bond acceptors (Lipinski definition) is 6. The SMILES string of the molecule is CC[C@H](CO)Nc1ccc([N+](=O)[O-])cc1S(=O)(=O)N1CCCC1. The van der Waals surface area contributed by atoms with E-state index in [2.05, 4.69) is 5.32 Å². The summed E-state index contributed by atoms with van der Waals surface area (Å²) in [5, 5.41) is 23.3. The van der Waals surface area contributed by atoms with E-state index in [-0.39, 0.29) is 28.9 Å². The van der Waals surface area contributed by atoms with Crippen molar-refractivity contribution in [3.63, 3.8) is 0 Å². The molecule has 1 fully saturated rings. The van der Waals surface area contributed by atoms with Gasteiger partial charge in [-0.25, -0.2) is 8.42 Å². The Kier molecular flexibility index (Phi) is 5.55. The summed E-state index contributed by atoms with van der Waals surface area (Å²) in [6.45, 7) is 2.54. The fourth-order valence-corrected chi connectivity index (χ4v) is 4.21. The Morgan fingerprint density at radius 2 is 2.04 bits per heavy atom. The van der Waals surface area contributed by atoms with Gasteiger partial charge in [-0.15, -0.1) is 0 Å². The van der Waals surface area contributed by atoms with E-state index < -0.39 is 14.9 Å². The second kappa shape index (κ2) is 7.24. The first-order chi connectivity index (χ1) is 10.9. The van der Waals surface area contributed by atoms with E-state index in [0.717, 1.165) is 18.9 Å². The number of nitro benzene ring substituents is 1. The van der Waals surface area contributed by atoms with Crippen LogP contribution in [-0.4, -0.2) is 48.5 Å². The Bertz CT molecular complexity index is 667. The largest absolute Gasteiger partial charge is 0.394 e. The Morgan fingerprint density at radius 1 is 1.39 bits per heavy atom. The topological polar surface area (TPSA) is 113 Å². The van der Waals surface area contributed by atoms with Crippen molar-refractivity contribution in [2.45, 2.75) is 37.1 Å². The molecule has 2 rings (SSSR count). The predicted octanol–water partition coefficient (Wildman–Crippen LogP) is 1.56. The van der Waals surface area contributed by atoms with Crippen molar-refractivity contribution in [2.75, 3.05) is 25.0 Å². The molecule has 0 spiro atoms. The summed E-state index contributed by atoms with van der Waals surface area (Å²) in [6.07, 6.45) is 2.16. The molecule has 1 aliphatic heterocycles. The molecule has 0 aromatic heterocycles. The quantitative estimate of drug-likeness (QED) is 0.574. The van der Waals surface area contributed by atoms with Gasteiger partial charge in [-0.3, -0.25) is 10.1 Å². The lowest BCUT2D eigenvalue weighted by Crippen LogP contribution is -2.30. The second-order valence-corrected chi connectivity index (χ2v) is 7.39. The maximum absolute atomic E-state index is 12.8. The van der Waals surface area contributed by atoms with Crippen LogP contribution in [0.5, 0.6) is 0 Å². The molecule has 0 saturated carbocycles. The lowest BCUT2D eigenvalue weighted by molar-refractivity contribution is -0.385. The molecule has 1 atom stereocenters. The van der Waals surface area contributed by atoms with E-state index in [1.165, 1.54) is 16.4 Å². The lowest BCUT2D eigenvalue weighted by Gasteiger charge is -2.21. The predicted molar refractivity (Wildman–Crippen MR) is 85.9 cm³/mol. The summed E-state index contributed by atoms with van der Waals surface area (Å²) >= 11 is 0. The molecular formula is C14H21N3O5S. The van der Waals surface area contributed by atoms with Crippen LogP contribution in [0.1, 0.15) is 26.2 Å². The van der Waals surface area contributed by atoms with Gasteiger partial charge in [0, 0.05) is 31.3 Å². The van der Waals surface area contributed by atoms with Crippen LogP contribution < -0.4 is 5.32 Å². The normalized spacial score (nSPS) is 17.1. The molecule has 8 nitrogen and oxygen atoms in total. The van der Waals surface area contributed by atoms with Gasteiger partial charge >= 0.3 is 0 Å². The van der Waals surface area contributed by atoms with Crippen molar-refractivity contribution in [2.24, 2.45) is 0 Å². The van der Waals surface area contributed by atoms with Crippen LogP contribution in [0.15, 0.2) is 23.1 Å². The van der Waals surface area contributed by atoms with Gasteiger partial charge in [0.25, 0.3) is 5.69 Å². The molecule has 0 unspecified atom stereocenters. The van der Waals surface area contributed by atoms with Crippen molar-refractivity contribution in [1.82, 2.24) is 4.31 Å². The van der Waals surface area contributed by atoms with Gasteiger partial charge in [0.2, 0.25) is 10.0 Å². The fraction of sp³-hybridized carbons (Fsp3) is 0.571. The Hall–Kier alpha value is -1.71. The molecule has 0 amide bonds. The highest BCUT2D eigenvalue weighted by Crippen LogP contribution is 2.31. The molecule has 1 aliphatic rings. The fourth-order valence-electron chi connectivity index (χ4n) is 2.52. The summed E-state index contributed by atoms with van der Waals surface area (Å²) in [5.41, 5.74) is 0.00812. The molecule has 9 heteroatoms. The molecule has 1 aromatic rings. The first-order valence-corrected chi connectivity index (χ1v) is 9.00. The van der Waals surface area contributed by atoms with Gasteiger partial charge in [-0.05, 0) is 25.3 Å². The molecule has 0 radical (unpaired) electrons. The minimum atomic E-state index is -3.80. The summed E-state index contributed by atoms with van der Waals surface area (Å²) in [6, 6.07) is 3.42. The van der Waals surface area contributed by atoms with Crippen molar-refractivity contribution < 1.29 is 18.4 Å². The highest BCUT2D eigenvalue weighted by Gasteiger charge is 2.31. The lowest BCUT2D eigenvalue weighted by atomic mass is 10.2. The Balaban J connectivity index is 2.48. The number of nitro groups is 1. The number of non-ortho nitro benzene ring substituents is 1. The molecule has 2 N–H and O–H groups in total. The monoisotopic (exact) mass is 343 g/mol.